The van der Waals surface area contributed by atoms with Gasteiger partial charge in [-0.3, -0.25) is 9.79 Å². The summed E-state index contributed by atoms with van der Waals surface area (Å²) in [4.78, 5) is 29.1. The molecule has 8 nitrogen and oxygen atoms in total. The van der Waals surface area contributed by atoms with Crippen molar-refractivity contribution < 1.29 is 22.7 Å². The zero-order valence-electron chi connectivity index (χ0n) is 20.7. The summed E-state index contributed by atoms with van der Waals surface area (Å²) >= 11 is 0. The van der Waals surface area contributed by atoms with Crippen LogP contribution < -0.4 is 15.1 Å². The molecule has 0 atom stereocenters. The summed E-state index contributed by atoms with van der Waals surface area (Å²) in [6, 6.07) is 7.12. The number of rotatable bonds is 7. The molecule has 0 saturated carbocycles. The topological polar surface area (TPSA) is 83.0 Å². The van der Waals surface area contributed by atoms with Gasteiger partial charge >= 0.3 is 6.18 Å². The van der Waals surface area contributed by atoms with Crippen molar-refractivity contribution >= 4 is 30.1 Å². The van der Waals surface area contributed by atoms with Crippen molar-refractivity contribution in [3.8, 4) is 11.3 Å². The van der Waals surface area contributed by atoms with E-state index in [0.717, 1.165) is 16.9 Å². The zero-order valence-corrected chi connectivity index (χ0v) is 20.7. The van der Waals surface area contributed by atoms with Gasteiger partial charge in [0.05, 0.1) is 18.9 Å². The number of nitrogens with zero attached hydrogens (tertiary/aromatic N) is 5. The van der Waals surface area contributed by atoms with E-state index in [1.54, 1.807) is 12.1 Å². The number of halogens is 3. The Balaban J connectivity index is 1.95. The average molecular weight is 503 g/mol. The number of allylic oxidation sites excluding steroid dienone is 2. The maximum Gasteiger partial charge on any atom is 0.433 e. The quantitative estimate of drug-likeness (QED) is 0.344. The minimum Gasteiger partial charge on any atom is -0.378 e. The number of nitrogens with one attached hydrogen (secondary N) is 1. The lowest BCUT2D eigenvalue weighted by Gasteiger charge is -2.29. The number of aryl methyl sites for hydroxylation is 1. The first-order valence-electron chi connectivity index (χ1n) is 11.3. The SMILES string of the molecule is C=N/C(=C\C(=C/C)C(=O)Nc1ccc(C)c(-c2cc(N3CCOCC3)nc(N(C)C)n2)c1)C(F)(F)F. The summed E-state index contributed by atoms with van der Waals surface area (Å²) in [5.74, 6) is 0.586. The lowest BCUT2D eigenvalue weighted by molar-refractivity contribution is -0.112. The Morgan fingerprint density at radius 3 is 2.50 bits per heavy atom. The number of carbonyl (C=O) groups is 1. The van der Waals surface area contributed by atoms with Gasteiger partial charge in [0, 0.05) is 50.1 Å². The molecule has 1 amide bonds. The smallest absolute Gasteiger partial charge is 0.378 e. The predicted molar refractivity (Wildman–Crippen MR) is 136 cm³/mol. The van der Waals surface area contributed by atoms with Crippen LogP contribution in [0.5, 0.6) is 0 Å². The van der Waals surface area contributed by atoms with Gasteiger partial charge in [0.1, 0.15) is 11.5 Å². The van der Waals surface area contributed by atoms with E-state index in [1.807, 2.05) is 38.1 Å². The molecule has 1 aliphatic rings. The molecule has 2 heterocycles. The van der Waals surface area contributed by atoms with Gasteiger partial charge in [0.25, 0.3) is 5.91 Å². The highest BCUT2D eigenvalue weighted by Crippen LogP contribution is 2.30. The molecule has 1 fully saturated rings. The summed E-state index contributed by atoms with van der Waals surface area (Å²) in [7, 11) is 3.70. The van der Waals surface area contributed by atoms with Crippen LogP contribution in [0.15, 0.2) is 52.7 Å². The number of morpholine rings is 1. The van der Waals surface area contributed by atoms with Crippen molar-refractivity contribution in [3.05, 3.63) is 53.3 Å². The highest BCUT2D eigenvalue weighted by atomic mass is 19.4. The Hall–Kier alpha value is -3.73. The van der Waals surface area contributed by atoms with Crippen molar-refractivity contribution in [2.24, 2.45) is 4.99 Å². The van der Waals surface area contributed by atoms with E-state index in [2.05, 4.69) is 31.9 Å². The van der Waals surface area contributed by atoms with Crippen LogP contribution in [0.1, 0.15) is 12.5 Å². The Bertz CT molecular complexity index is 1180. The van der Waals surface area contributed by atoms with E-state index in [4.69, 9.17) is 4.74 Å². The maximum atomic E-state index is 13.1. The summed E-state index contributed by atoms with van der Waals surface area (Å²) in [6.45, 7) is 8.96. The second kappa shape index (κ2) is 11.3. The molecule has 1 aromatic heterocycles. The molecule has 1 aromatic carbocycles. The standard InChI is InChI=1S/C25H29F3N6O2/c1-6-17(13-21(29-3)25(26,27)28)23(35)30-18-8-7-16(2)19(14-18)20-15-22(32-24(31-20)33(4)5)34-9-11-36-12-10-34/h6-8,13-15H,3,9-12H2,1-2,4-5H3,(H,30,35)/b17-6+,21-13-. The van der Waals surface area contributed by atoms with Crippen molar-refractivity contribution in [1.82, 2.24) is 9.97 Å². The fraction of sp³-hybridized carbons (Fsp3) is 0.360. The van der Waals surface area contributed by atoms with E-state index in [9.17, 15) is 18.0 Å². The number of benzene rings is 1. The van der Waals surface area contributed by atoms with Crippen LogP contribution in [0.4, 0.5) is 30.6 Å². The Morgan fingerprint density at radius 2 is 1.92 bits per heavy atom. The number of hydrogen-bond acceptors (Lipinski definition) is 7. The van der Waals surface area contributed by atoms with E-state index >= 15 is 0 Å². The van der Waals surface area contributed by atoms with E-state index in [0.29, 0.717) is 49.7 Å². The second-order valence-electron chi connectivity index (χ2n) is 8.32. The van der Waals surface area contributed by atoms with Gasteiger partial charge in [-0.05, 0) is 44.3 Å². The third kappa shape index (κ3) is 6.48. The highest BCUT2D eigenvalue weighted by molar-refractivity contribution is 6.06. The third-order valence-electron chi connectivity index (χ3n) is 5.53. The number of ether oxygens (including phenoxy) is 1. The van der Waals surface area contributed by atoms with Gasteiger partial charge in [-0.25, -0.2) is 4.98 Å². The minimum atomic E-state index is -4.72. The molecule has 1 N–H and O–H groups in total. The fourth-order valence-corrected chi connectivity index (χ4v) is 3.54. The van der Waals surface area contributed by atoms with Crippen LogP contribution in [-0.4, -0.2) is 69.2 Å². The number of carbonyl (C=O) groups excluding carboxylic acids is 1. The summed E-state index contributed by atoms with van der Waals surface area (Å²) in [5.41, 5.74) is 1.29. The molecular weight excluding hydrogens is 473 g/mol. The van der Waals surface area contributed by atoms with Crippen molar-refractivity contribution in [2.45, 2.75) is 20.0 Å². The molecule has 0 spiro atoms. The largest absolute Gasteiger partial charge is 0.433 e. The monoisotopic (exact) mass is 502 g/mol. The maximum absolute atomic E-state index is 13.1. The molecular formula is C25H29F3N6O2. The van der Waals surface area contributed by atoms with Crippen LogP contribution >= 0.6 is 0 Å². The van der Waals surface area contributed by atoms with Crippen molar-refractivity contribution in [3.63, 3.8) is 0 Å². The molecule has 2 aromatic rings. The van der Waals surface area contributed by atoms with Crippen molar-refractivity contribution in [1.29, 1.82) is 0 Å². The first kappa shape index (κ1) is 26.9. The number of aliphatic imine (C=N–C) groups is 1. The third-order valence-corrected chi connectivity index (χ3v) is 5.53. The Morgan fingerprint density at radius 1 is 1.22 bits per heavy atom. The fourth-order valence-electron chi connectivity index (χ4n) is 3.54. The van der Waals surface area contributed by atoms with Crippen LogP contribution in [0, 0.1) is 6.92 Å². The average Bonchev–Trinajstić information content (AvgIpc) is 2.85. The first-order chi connectivity index (χ1) is 17.0. The van der Waals surface area contributed by atoms with Gasteiger partial charge < -0.3 is 19.9 Å². The van der Waals surface area contributed by atoms with Gasteiger partial charge in [-0.15, -0.1) is 0 Å². The number of amides is 1. The number of aromatic nitrogens is 2. The summed E-state index contributed by atoms with van der Waals surface area (Å²) < 4.78 is 44.6. The molecule has 1 aliphatic heterocycles. The van der Waals surface area contributed by atoms with E-state index in [1.165, 1.54) is 13.0 Å². The second-order valence-corrected chi connectivity index (χ2v) is 8.32. The highest BCUT2D eigenvalue weighted by Gasteiger charge is 2.33. The molecule has 3 rings (SSSR count). The molecule has 192 valence electrons. The summed E-state index contributed by atoms with van der Waals surface area (Å²) in [6.07, 6.45) is -2.77. The van der Waals surface area contributed by atoms with Gasteiger partial charge in [-0.2, -0.15) is 18.2 Å². The molecule has 0 bridgehead atoms. The molecule has 0 aliphatic carbocycles. The lowest BCUT2D eigenvalue weighted by atomic mass is 10.0. The number of alkyl halides is 3. The van der Waals surface area contributed by atoms with Gasteiger partial charge in [0.2, 0.25) is 5.95 Å². The Kier molecular flexibility index (Phi) is 8.46. The molecule has 0 unspecified atom stereocenters. The predicted octanol–water partition coefficient (Wildman–Crippen LogP) is 4.39. The summed E-state index contributed by atoms with van der Waals surface area (Å²) in [5, 5.41) is 2.66. The molecule has 36 heavy (non-hydrogen) atoms. The van der Waals surface area contributed by atoms with Gasteiger partial charge in [0.15, 0.2) is 0 Å². The minimum absolute atomic E-state index is 0.191. The molecule has 1 saturated heterocycles. The molecule has 11 heteroatoms. The normalized spacial score (nSPS) is 15.0. The van der Waals surface area contributed by atoms with Crippen LogP contribution in [0.2, 0.25) is 0 Å². The van der Waals surface area contributed by atoms with Gasteiger partial charge in [-0.1, -0.05) is 12.1 Å². The molecule has 0 radical (unpaired) electrons. The number of anilines is 3. The van der Waals surface area contributed by atoms with Crippen LogP contribution in [-0.2, 0) is 9.53 Å². The van der Waals surface area contributed by atoms with E-state index < -0.39 is 17.8 Å². The lowest BCUT2D eigenvalue weighted by Crippen LogP contribution is -2.37. The number of hydrogen-bond donors (Lipinski definition) is 1. The van der Waals surface area contributed by atoms with Crippen molar-refractivity contribution in [2.75, 3.05) is 55.5 Å². The first-order valence-corrected chi connectivity index (χ1v) is 11.3. The van der Waals surface area contributed by atoms with E-state index in [-0.39, 0.29) is 5.57 Å². The Labute approximate surface area is 208 Å². The van der Waals surface area contributed by atoms with Crippen LogP contribution in [0.25, 0.3) is 11.3 Å². The zero-order chi connectivity index (χ0) is 26.5. The van der Waals surface area contributed by atoms with Crippen LogP contribution in [0.3, 0.4) is 0 Å².